The Labute approximate surface area is 179 Å². The third-order valence-corrected chi connectivity index (χ3v) is 4.80. The Morgan fingerprint density at radius 3 is 2.57 bits per heavy atom. The van der Waals surface area contributed by atoms with E-state index in [2.05, 4.69) is 36.9 Å². The van der Waals surface area contributed by atoms with Crippen LogP contribution in [0.25, 0.3) is 0 Å². The topological polar surface area (TPSA) is 83.1 Å². The Morgan fingerprint density at radius 1 is 1.07 bits per heavy atom. The van der Waals surface area contributed by atoms with E-state index in [1.807, 2.05) is 0 Å². The molecule has 9 heteroatoms. The van der Waals surface area contributed by atoms with Gasteiger partial charge in [-0.2, -0.15) is 0 Å². The molecule has 2 aromatic carbocycles. The Kier molecular flexibility index (Phi) is 6.73. The average molecular weight is 475 g/mol. The molecular weight excluding hydrogens is 458 g/mol. The lowest BCUT2D eigenvalue weighted by molar-refractivity contribution is 0.102. The predicted molar refractivity (Wildman–Crippen MR) is 113 cm³/mol. The van der Waals surface area contributed by atoms with Crippen LogP contribution in [0.5, 0.6) is 0 Å². The molecule has 1 aromatic heterocycles. The quantitative estimate of drug-likeness (QED) is 0.486. The lowest BCUT2D eigenvalue weighted by Crippen LogP contribution is -2.28. The third kappa shape index (κ3) is 5.38. The molecule has 1 heterocycles. The molecule has 3 aromatic rings. The Hall–Kier alpha value is -3.33. The number of urea groups is 1. The number of benzene rings is 2. The van der Waals surface area contributed by atoms with E-state index in [0.717, 1.165) is 11.6 Å². The molecule has 0 atom stereocenters. The highest BCUT2D eigenvalue weighted by Crippen LogP contribution is 2.26. The van der Waals surface area contributed by atoms with Gasteiger partial charge in [0.15, 0.2) is 0 Å². The second kappa shape index (κ2) is 9.45. The summed E-state index contributed by atoms with van der Waals surface area (Å²) in [5.41, 5.74) is 1.47. The summed E-state index contributed by atoms with van der Waals surface area (Å²) in [6, 6.07) is 9.32. The molecular formula is C21H17BrF2N4O2. The molecule has 0 bridgehead atoms. The predicted octanol–water partition coefficient (Wildman–Crippen LogP) is 5.00. The number of nitrogens with one attached hydrogen (secondary N) is 3. The van der Waals surface area contributed by atoms with Crippen molar-refractivity contribution >= 4 is 39.2 Å². The zero-order valence-electron chi connectivity index (χ0n) is 15.8. The SMILES string of the molecule is Cc1cc(NC(=O)c2cc(NC(=O)NCc3cccnc3)c(F)cc2Br)ccc1F. The second-order valence-corrected chi connectivity index (χ2v) is 7.25. The number of pyridine rings is 1. The number of hydrogen-bond acceptors (Lipinski definition) is 3. The second-order valence-electron chi connectivity index (χ2n) is 6.40. The van der Waals surface area contributed by atoms with Crippen LogP contribution >= 0.6 is 15.9 Å². The van der Waals surface area contributed by atoms with E-state index in [1.54, 1.807) is 31.5 Å². The molecule has 30 heavy (non-hydrogen) atoms. The highest BCUT2D eigenvalue weighted by atomic mass is 79.9. The largest absolute Gasteiger partial charge is 0.334 e. The first-order valence-corrected chi connectivity index (χ1v) is 9.63. The van der Waals surface area contributed by atoms with Crippen molar-refractivity contribution in [3.05, 3.63) is 87.7 Å². The molecule has 0 radical (unpaired) electrons. The van der Waals surface area contributed by atoms with Crippen molar-refractivity contribution in [3.63, 3.8) is 0 Å². The summed E-state index contributed by atoms with van der Waals surface area (Å²) in [7, 11) is 0. The molecule has 0 fully saturated rings. The van der Waals surface area contributed by atoms with Crippen molar-refractivity contribution in [3.8, 4) is 0 Å². The molecule has 0 saturated heterocycles. The highest BCUT2D eigenvalue weighted by molar-refractivity contribution is 9.10. The molecule has 3 N–H and O–H groups in total. The molecule has 154 valence electrons. The van der Waals surface area contributed by atoms with Gasteiger partial charge in [-0.3, -0.25) is 9.78 Å². The van der Waals surface area contributed by atoms with E-state index in [0.29, 0.717) is 11.3 Å². The number of amides is 3. The van der Waals surface area contributed by atoms with Gasteiger partial charge in [-0.1, -0.05) is 6.07 Å². The number of anilines is 2. The summed E-state index contributed by atoms with van der Waals surface area (Å²) in [4.78, 5) is 28.6. The first-order valence-electron chi connectivity index (χ1n) is 8.84. The zero-order valence-corrected chi connectivity index (χ0v) is 17.4. The number of aryl methyl sites for hydroxylation is 1. The number of aromatic nitrogens is 1. The van der Waals surface area contributed by atoms with Gasteiger partial charge in [0.05, 0.1) is 11.3 Å². The van der Waals surface area contributed by atoms with E-state index < -0.39 is 17.8 Å². The summed E-state index contributed by atoms with van der Waals surface area (Å²) in [5.74, 6) is -1.65. The van der Waals surface area contributed by atoms with Crippen molar-refractivity contribution in [1.29, 1.82) is 0 Å². The molecule has 3 rings (SSSR count). The van der Waals surface area contributed by atoms with E-state index >= 15 is 0 Å². The fraction of sp³-hybridized carbons (Fsp3) is 0.0952. The number of nitrogens with zero attached hydrogens (tertiary/aromatic N) is 1. The van der Waals surface area contributed by atoms with Crippen LogP contribution in [-0.2, 0) is 6.54 Å². The summed E-state index contributed by atoms with van der Waals surface area (Å²) >= 11 is 3.15. The monoisotopic (exact) mass is 474 g/mol. The molecule has 0 aliphatic carbocycles. The van der Waals surface area contributed by atoms with Crippen LogP contribution in [0.3, 0.4) is 0 Å². The van der Waals surface area contributed by atoms with Gasteiger partial charge in [-0.25, -0.2) is 13.6 Å². The maximum atomic E-state index is 14.3. The van der Waals surface area contributed by atoms with Crippen LogP contribution in [-0.4, -0.2) is 16.9 Å². The van der Waals surface area contributed by atoms with E-state index in [-0.39, 0.29) is 28.1 Å². The maximum absolute atomic E-state index is 14.3. The van der Waals surface area contributed by atoms with Crippen molar-refractivity contribution in [2.24, 2.45) is 0 Å². The zero-order chi connectivity index (χ0) is 21.7. The molecule has 0 saturated carbocycles. The van der Waals surface area contributed by atoms with Crippen molar-refractivity contribution in [2.75, 3.05) is 10.6 Å². The average Bonchev–Trinajstić information content (AvgIpc) is 2.72. The lowest BCUT2D eigenvalue weighted by Gasteiger charge is -2.12. The molecule has 3 amide bonds. The van der Waals surface area contributed by atoms with Crippen molar-refractivity contribution < 1.29 is 18.4 Å². The molecule has 0 spiro atoms. The number of hydrogen-bond donors (Lipinski definition) is 3. The van der Waals surface area contributed by atoms with Gasteiger partial charge in [0, 0.05) is 29.1 Å². The van der Waals surface area contributed by atoms with Gasteiger partial charge >= 0.3 is 6.03 Å². The standard InChI is InChI=1S/C21H17BrF2N4O2/c1-12-7-14(4-5-17(12)23)27-20(29)15-8-19(18(24)9-16(15)22)28-21(30)26-11-13-3-2-6-25-10-13/h2-10H,11H2,1H3,(H,27,29)(H2,26,28,30). The summed E-state index contributed by atoms with van der Waals surface area (Å²) in [5, 5.41) is 7.59. The first kappa shape index (κ1) is 21.4. The summed E-state index contributed by atoms with van der Waals surface area (Å²) in [6.45, 7) is 1.78. The van der Waals surface area contributed by atoms with E-state index in [4.69, 9.17) is 0 Å². The smallest absolute Gasteiger partial charge is 0.319 e. The van der Waals surface area contributed by atoms with Gasteiger partial charge in [0.1, 0.15) is 11.6 Å². The van der Waals surface area contributed by atoms with Crippen LogP contribution in [0, 0.1) is 18.6 Å². The molecule has 0 unspecified atom stereocenters. The minimum Gasteiger partial charge on any atom is -0.334 e. The van der Waals surface area contributed by atoms with Crippen LogP contribution in [0.15, 0.2) is 59.3 Å². The summed E-state index contributed by atoms with van der Waals surface area (Å²) < 4.78 is 27.9. The van der Waals surface area contributed by atoms with Crippen molar-refractivity contribution in [1.82, 2.24) is 10.3 Å². The van der Waals surface area contributed by atoms with Crippen LogP contribution in [0.4, 0.5) is 25.0 Å². The highest BCUT2D eigenvalue weighted by Gasteiger charge is 2.17. The third-order valence-electron chi connectivity index (χ3n) is 4.14. The Bertz CT molecular complexity index is 1090. The van der Waals surface area contributed by atoms with Gasteiger partial charge in [-0.15, -0.1) is 0 Å². The number of rotatable bonds is 5. The fourth-order valence-corrected chi connectivity index (χ4v) is 3.09. The first-order chi connectivity index (χ1) is 14.3. The molecule has 6 nitrogen and oxygen atoms in total. The molecule has 0 aliphatic rings. The Balaban J connectivity index is 1.72. The van der Waals surface area contributed by atoms with E-state index in [9.17, 15) is 18.4 Å². The maximum Gasteiger partial charge on any atom is 0.319 e. The minimum atomic E-state index is -0.715. The Morgan fingerprint density at radius 2 is 1.87 bits per heavy atom. The summed E-state index contributed by atoms with van der Waals surface area (Å²) in [6.07, 6.45) is 3.21. The van der Waals surface area contributed by atoms with Crippen molar-refractivity contribution in [2.45, 2.75) is 13.5 Å². The van der Waals surface area contributed by atoms with Crippen LogP contribution in [0.2, 0.25) is 0 Å². The van der Waals surface area contributed by atoms with Gasteiger partial charge in [-0.05, 0) is 70.4 Å². The number of carbonyl (C=O) groups excluding carboxylic acids is 2. The normalized spacial score (nSPS) is 10.4. The number of halogens is 3. The number of carbonyl (C=O) groups is 2. The van der Waals surface area contributed by atoms with Gasteiger partial charge in [0.2, 0.25) is 0 Å². The van der Waals surface area contributed by atoms with Crippen LogP contribution < -0.4 is 16.0 Å². The van der Waals surface area contributed by atoms with Gasteiger partial charge in [0.25, 0.3) is 5.91 Å². The minimum absolute atomic E-state index is 0.0981. The van der Waals surface area contributed by atoms with Gasteiger partial charge < -0.3 is 16.0 Å². The van der Waals surface area contributed by atoms with E-state index in [1.165, 1.54) is 24.3 Å². The fourth-order valence-electron chi connectivity index (χ4n) is 2.59. The lowest BCUT2D eigenvalue weighted by atomic mass is 10.1. The molecule has 0 aliphatic heterocycles. The van der Waals surface area contributed by atoms with Crippen LogP contribution in [0.1, 0.15) is 21.5 Å².